The first-order valence-corrected chi connectivity index (χ1v) is 8.81. The summed E-state index contributed by atoms with van der Waals surface area (Å²) in [5.74, 6) is -0.820. The van der Waals surface area contributed by atoms with Gasteiger partial charge in [0.25, 0.3) is 5.91 Å². The number of benzene rings is 2. The van der Waals surface area contributed by atoms with Gasteiger partial charge in [-0.15, -0.1) is 0 Å². The van der Waals surface area contributed by atoms with Crippen LogP contribution in [-0.4, -0.2) is 20.6 Å². The molecule has 5 nitrogen and oxygen atoms in total. The minimum Gasteiger partial charge on any atom is -0.348 e. The summed E-state index contributed by atoms with van der Waals surface area (Å²) in [7, 11) is -3.45. The van der Waals surface area contributed by atoms with Crippen molar-refractivity contribution in [2.24, 2.45) is 0 Å². The monoisotopic (exact) mass is 356 g/mol. The lowest BCUT2D eigenvalue weighted by atomic mass is 10.1. The van der Waals surface area contributed by atoms with Crippen LogP contribution >= 0.6 is 11.6 Å². The van der Waals surface area contributed by atoms with Crippen LogP contribution in [0.3, 0.4) is 0 Å². The molecule has 0 unspecified atom stereocenters. The van der Waals surface area contributed by atoms with Gasteiger partial charge in [-0.05, 0) is 35.9 Å². The fraction of sp³-hybridized carbons (Fsp3) is 0.133. The molecule has 8 heteroatoms. The van der Waals surface area contributed by atoms with E-state index < -0.39 is 15.9 Å². The van der Waals surface area contributed by atoms with Gasteiger partial charge in [-0.25, -0.2) is 12.8 Å². The number of nitrogens with one attached hydrogen (secondary N) is 2. The van der Waals surface area contributed by atoms with Gasteiger partial charge in [-0.1, -0.05) is 23.7 Å². The molecule has 2 aromatic rings. The molecular formula is C15H14ClFN2O3S. The molecule has 0 fully saturated rings. The molecule has 0 spiro atoms. The van der Waals surface area contributed by atoms with Crippen LogP contribution in [0.15, 0.2) is 42.5 Å². The Morgan fingerprint density at radius 1 is 1.17 bits per heavy atom. The van der Waals surface area contributed by atoms with Crippen molar-refractivity contribution in [2.45, 2.75) is 6.54 Å². The van der Waals surface area contributed by atoms with E-state index in [0.717, 1.165) is 11.8 Å². The van der Waals surface area contributed by atoms with Crippen LogP contribution < -0.4 is 10.0 Å². The second-order valence-electron chi connectivity index (χ2n) is 4.88. The molecule has 1 amide bonds. The smallest absolute Gasteiger partial charge is 0.253 e. The molecule has 0 aliphatic heterocycles. The first-order valence-electron chi connectivity index (χ1n) is 6.54. The Bertz CT molecular complexity index is 823. The highest BCUT2D eigenvalue weighted by molar-refractivity contribution is 7.92. The van der Waals surface area contributed by atoms with Crippen molar-refractivity contribution in [3.05, 3.63) is 64.4 Å². The molecule has 0 atom stereocenters. The van der Waals surface area contributed by atoms with Crippen LogP contribution in [0.1, 0.15) is 15.9 Å². The standard InChI is InChI=1S/C15H14ClFN2O3S/c1-23(21,22)19-12-6-7-14(16)13(8-12)15(20)18-9-10-2-4-11(17)5-3-10/h2-8,19H,9H2,1H3,(H,18,20). The van der Waals surface area contributed by atoms with E-state index in [4.69, 9.17) is 11.6 Å². The number of carbonyl (C=O) groups excluding carboxylic acids is 1. The minimum atomic E-state index is -3.45. The summed E-state index contributed by atoms with van der Waals surface area (Å²) in [6, 6.07) is 9.94. The first kappa shape index (κ1) is 17.2. The Morgan fingerprint density at radius 2 is 1.83 bits per heavy atom. The molecule has 0 bridgehead atoms. The Hall–Kier alpha value is -2.12. The van der Waals surface area contributed by atoms with Crippen molar-refractivity contribution in [2.75, 3.05) is 11.0 Å². The van der Waals surface area contributed by atoms with E-state index in [1.807, 2.05) is 0 Å². The van der Waals surface area contributed by atoms with E-state index >= 15 is 0 Å². The number of halogens is 2. The van der Waals surface area contributed by atoms with Crippen LogP contribution in [0, 0.1) is 5.82 Å². The molecule has 2 N–H and O–H groups in total. The lowest BCUT2D eigenvalue weighted by molar-refractivity contribution is 0.0951. The lowest BCUT2D eigenvalue weighted by Gasteiger charge is -2.10. The second-order valence-corrected chi connectivity index (χ2v) is 7.03. The number of hydrogen-bond donors (Lipinski definition) is 2. The van der Waals surface area contributed by atoms with Crippen molar-refractivity contribution in [3.8, 4) is 0 Å². The van der Waals surface area contributed by atoms with Crippen LogP contribution in [0.2, 0.25) is 5.02 Å². The molecule has 0 saturated carbocycles. The SMILES string of the molecule is CS(=O)(=O)Nc1ccc(Cl)c(C(=O)NCc2ccc(F)cc2)c1. The highest BCUT2D eigenvalue weighted by Crippen LogP contribution is 2.21. The summed E-state index contributed by atoms with van der Waals surface area (Å²) in [6.07, 6.45) is 1.01. The molecule has 0 aromatic heterocycles. The van der Waals surface area contributed by atoms with Crippen molar-refractivity contribution in [3.63, 3.8) is 0 Å². The van der Waals surface area contributed by atoms with Gasteiger partial charge in [0.05, 0.1) is 16.8 Å². The maximum atomic E-state index is 12.8. The van der Waals surface area contributed by atoms with Gasteiger partial charge in [0.15, 0.2) is 0 Å². The number of rotatable bonds is 5. The zero-order chi connectivity index (χ0) is 17.0. The van der Waals surface area contributed by atoms with E-state index in [2.05, 4.69) is 10.0 Å². The fourth-order valence-electron chi connectivity index (χ4n) is 1.86. The van der Waals surface area contributed by atoms with E-state index in [1.54, 1.807) is 12.1 Å². The number of hydrogen-bond acceptors (Lipinski definition) is 3. The summed E-state index contributed by atoms with van der Waals surface area (Å²) in [4.78, 5) is 12.2. The Labute approximate surface area is 138 Å². The van der Waals surface area contributed by atoms with Gasteiger partial charge < -0.3 is 5.32 Å². The number of amides is 1. The Balaban J connectivity index is 2.12. The van der Waals surface area contributed by atoms with Crippen molar-refractivity contribution in [1.29, 1.82) is 0 Å². The molecule has 0 aliphatic rings. The quantitative estimate of drug-likeness (QED) is 0.865. The van der Waals surface area contributed by atoms with Crippen molar-refractivity contribution in [1.82, 2.24) is 5.32 Å². The van der Waals surface area contributed by atoms with E-state index in [0.29, 0.717) is 0 Å². The topological polar surface area (TPSA) is 75.3 Å². The molecule has 2 aromatic carbocycles. The maximum absolute atomic E-state index is 12.8. The van der Waals surface area contributed by atoms with Crippen molar-refractivity contribution >= 4 is 33.2 Å². The molecule has 0 aliphatic carbocycles. The van der Waals surface area contributed by atoms with Crippen LogP contribution in [-0.2, 0) is 16.6 Å². The van der Waals surface area contributed by atoms with Gasteiger partial charge in [-0.2, -0.15) is 0 Å². The third-order valence-electron chi connectivity index (χ3n) is 2.88. The zero-order valence-electron chi connectivity index (χ0n) is 12.1. The molecular weight excluding hydrogens is 343 g/mol. The summed E-state index contributed by atoms with van der Waals surface area (Å²) in [5.41, 5.74) is 1.10. The minimum absolute atomic E-state index is 0.141. The molecule has 2 rings (SSSR count). The van der Waals surface area contributed by atoms with E-state index in [-0.39, 0.29) is 28.6 Å². The summed E-state index contributed by atoms with van der Waals surface area (Å²) in [6.45, 7) is 0.194. The van der Waals surface area contributed by atoms with Crippen LogP contribution in [0.5, 0.6) is 0 Å². The largest absolute Gasteiger partial charge is 0.348 e. The fourth-order valence-corrected chi connectivity index (χ4v) is 2.62. The van der Waals surface area contributed by atoms with Gasteiger partial charge in [-0.3, -0.25) is 9.52 Å². The summed E-state index contributed by atoms with van der Waals surface area (Å²) >= 11 is 5.98. The molecule has 0 radical (unpaired) electrons. The predicted octanol–water partition coefficient (Wildman–Crippen LogP) is 2.78. The van der Waals surface area contributed by atoms with Gasteiger partial charge in [0.1, 0.15) is 5.82 Å². The molecule has 0 heterocycles. The average molecular weight is 357 g/mol. The first-order chi connectivity index (χ1) is 10.7. The van der Waals surface area contributed by atoms with E-state index in [9.17, 15) is 17.6 Å². The maximum Gasteiger partial charge on any atom is 0.253 e. The highest BCUT2D eigenvalue weighted by atomic mass is 35.5. The third kappa shape index (κ3) is 5.22. The van der Waals surface area contributed by atoms with Crippen molar-refractivity contribution < 1.29 is 17.6 Å². The summed E-state index contributed by atoms with van der Waals surface area (Å²) in [5, 5.41) is 2.84. The predicted molar refractivity (Wildman–Crippen MR) is 87.5 cm³/mol. The second kappa shape index (κ2) is 6.97. The third-order valence-corrected chi connectivity index (χ3v) is 3.82. The molecule has 122 valence electrons. The molecule has 23 heavy (non-hydrogen) atoms. The van der Waals surface area contributed by atoms with Gasteiger partial charge in [0.2, 0.25) is 10.0 Å². The zero-order valence-corrected chi connectivity index (χ0v) is 13.7. The average Bonchev–Trinajstić information content (AvgIpc) is 2.47. The Morgan fingerprint density at radius 3 is 2.43 bits per heavy atom. The van der Waals surface area contributed by atoms with Gasteiger partial charge >= 0.3 is 0 Å². The number of anilines is 1. The Kier molecular flexibility index (Phi) is 5.23. The van der Waals surface area contributed by atoms with Crippen LogP contribution in [0.4, 0.5) is 10.1 Å². The van der Waals surface area contributed by atoms with E-state index in [1.165, 1.54) is 30.3 Å². The molecule has 0 saturated heterocycles. The number of carbonyl (C=O) groups is 1. The highest BCUT2D eigenvalue weighted by Gasteiger charge is 2.12. The van der Waals surface area contributed by atoms with Gasteiger partial charge in [0, 0.05) is 12.2 Å². The summed E-state index contributed by atoms with van der Waals surface area (Å²) < 4.78 is 37.6. The number of sulfonamides is 1. The lowest BCUT2D eigenvalue weighted by Crippen LogP contribution is -2.23. The van der Waals surface area contributed by atoms with Crippen LogP contribution in [0.25, 0.3) is 0 Å². The normalized spacial score (nSPS) is 11.1.